The lowest BCUT2D eigenvalue weighted by atomic mass is 9.80. The summed E-state index contributed by atoms with van der Waals surface area (Å²) in [6.45, 7) is 2.24. The van der Waals surface area contributed by atoms with Gasteiger partial charge >= 0.3 is 5.97 Å². The lowest BCUT2D eigenvalue weighted by Crippen LogP contribution is -2.30. The monoisotopic (exact) mass is 361 g/mol. The molecule has 2 aliphatic carbocycles. The Morgan fingerprint density at radius 3 is 2.38 bits per heavy atom. The Bertz CT molecular complexity index is 533. The minimum absolute atomic E-state index is 0.0282. The number of ether oxygens (including phenoxy) is 1. The van der Waals surface area contributed by atoms with Crippen LogP contribution in [0, 0.1) is 29.1 Å². The minimum atomic E-state index is -0.761. The molecule has 2 rings (SSSR count). The molecule has 4 heteroatoms. The van der Waals surface area contributed by atoms with Crippen LogP contribution in [0.25, 0.3) is 0 Å². The van der Waals surface area contributed by atoms with Crippen LogP contribution in [-0.2, 0) is 9.53 Å². The summed E-state index contributed by atoms with van der Waals surface area (Å²) in [6, 6.07) is 1.45. The second-order valence-corrected chi connectivity index (χ2v) is 7.84. The number of allylic oxidation sites excluding steroid dienone is 4. The third kappa shape index (κ3) is 6.94. The number of esters is 1. The molecule has 0 aromatic heterocycles. The van der Waals surface area contributed by atoms with Gasteiger partial charge in [0, 0.05) is 0 Å². The Labute approximate surface area is 157 Å². The van der Waals surface area contributed by atoms with Crippen molar-refractivity contribution in [3.05, 3.63) is 24.1 Å². The summed E-state index contributed by atoms with van der Waals surface area (Å²) in [4.78, 5) is 12.4. The predicted octanol–water partition coefficient (Wildman–Crippen LogP) is 6.02. The molecular weight excluding hydrogens is 329 g/mol. The quantitative estimate of drug-likeness (QED) is 0.316. The molecule has 0 radical (unpaired) electrons. The normalized spacial score (nSPS) is 30.1. The summed E-state index contributed by atoms with van der Waals surface area (Å²) in [5.41, 5.74) is 0. The molecule has 0 amide bonds. The van der Waals surface area contributed by atoms with Crippen molar-refractivity contribution < 1.29 is 13.9 Å². The summed E-state index contributed by atoms with van der Waals surface area (Å²) in [7, 11) is 0. The van der Waals surface area contributed by atoms with E-state index in [4.69, 9.17) is 10.00 Å². The molecule has 0 heterocycles. The summed E-state index contributed by atoms with van der Waals surface area (Å²) in [5, 5.41) is 8.33. The molecule has 0 spiro atoms. The van der Waals surface area contributed by atoms with Gasteiger partial charge in [-0.3, -0.25) is 4.79 Å². The molecule has 3 nitrogen and oxygen atoms in total. The molecule has 2 aliphatic rings. The number of rotatable bonds is 7. The zero-order chi connectivity index (χ0) is 18.8. The number of halogens is 1. The third-order valence-electron chi connectivity index (χ3n) is 6.06. The lowest BCUT2D eigenvalue weighted by Gasteiger charge is -2.31. The molecule has 2 fully saturated rings. The minimum Gasteiger partial charge on any atom is -0.462 e. The molecule has 0 bridgehead atoms. The smallest absolute Gasteiger partial charge is 0.309 e. The largest absolute Gasteiger partial charge is 0.462 e. The van der Waals surface area contributed by atoms with Crippen LogP contribution in [0.2, 0.25) is 0 Å². The van der Waals surface area contributed by atoms with Crippen molar-refractivity contribution in [3.8, 4) is 6.07 Å². The molecule has 0 aromatic rings. The summed E-state index contributed by atoms with van der Waals surface area (Å²) < 4.78 is 18.4. The average molecular weight is 362 g/mol. The maximum Gasteiger partial charge on any atom is 0.309 e. The van der Waals surface area contributed by atoms with E-state index in [9.17, 15) is 9.18 Å². The standard InChI is InChI=1S/C22H32FNO2/c1-2-17-10-14-21(15-11-17)26-22(25)19-12-8-18(9-13-19)6-4-3-5-7-20(23)16-24/h3,5,7,17-19,21H,2,4,6,8-15H2,1H3/t17-,18-,19-,21-. The fourth-order valence-corrected chi connectivity index (χ4v) is 4.22. The van der Waals surface area contributed by atoms with E-state index in [-0.39, 0.29) is 18.0 Å². The predicted molar refractivity (Wildman–Crippen MR) is 101 cm³/mol. The number of hydrogen-bond donors (Lipinski definition) is 0. The highest BCUT2D eigenvalue weighted by Gasteiger charge is 2.30. The van der Waals surface area contributed by atoms with E-state index in [1.165, 1.54) is 31.4 Å². The van der Waals surface area contributed by atoms with Gasteiger partial charge in [-0.1, -0.05) is 25.5 Å². The van der Waals surface area contributed by atoms with E-state index in [0.29, 0.717) is 5.92 Å². The van der Waals surface area contributed by atoms with E-state index in [1.54, 1.807) is 6.08 Å². The molecule has 0 aromatic carbocycles. The van der Waals surface area contributed by atoms with E-state index in [1.807, 2.05) is 6.08 Å². The van der Waals surface area contributed by atoms with Gasteiger partial charge in [-0.25, -0.2) is 0 Å². The van der Waals surface area contributed by atoms with Crippen LogP contribution < -0.4 is 0 Å². The highest BCUT2D eigenvalue weighted by Crippen LogP contribution is 2.34. The molecule has 0 aliphatic heterocycles. The van der Waals surface area contributed by atoms with Gasteiger partial charge in [-0.15, -0.1) is 0 Å². The van der Waals surface area contributed by atoms with Gasteiger partial charge in [0.05, 0.1) is 5.92 Å². The van der Waals surface area contributed by atoms with Crippen molar-refractivity contribution in [2.75, 3.05) is 0 Å². The maximum absolute atomic E-state index is 12.6. The van der Waals surface area contributed by atoms with Crippen LogP contribution in [0.15, 0.2) is 24.1 Å². The molecule has 0 unspecified atom stereocenters. The Morgan fingerprint density at radius 2 is 1.77 bits per heavy atom. The van der Waals surface area contributed by atoms with Crippen molar-refractivity contribution in [3.63, 3.8) is 0 Å². The Kier molecular flexibility index (Phi) is 8.88. The second-order valence-electron chi connectivity index (χ2n) is 7.84. The third-order valence-corrected chi connectivity index (χ3v) is 6.06. The maximum atomic E-state index is 12.6. The van der Waals surface area contributed by atoms with Crippen LogP contribution >= 0.6 is 0 Å². The number of carbonyl (C=O) groups is 1. The Balaban J connectivity index is 1.62. The van der Waals surface area contributed by atoms with Gasteiger partial charge in [-0.2, -0.15) is 9.65 Å². The topological polar surface area (TPSA) is 50.1 Å². The highest BCUT2D eigenvalue weighted by molar-refractivity contribution is 5.72. The van der Waals surface area contributed by atoms with E-state index < -0.39 is 5.83 Å². The lowest BCUT2D eigenvalue weighted by molar-refractivity contribution is -0.157. The molecule has 0 saturated heterocycles. The SMILES string of the molecule is CC[C@H]1CC[C@H](OC(=O)[C@H]2CC[C@H](CCC=CC=C(F)C#N)CC2)CC1. The summed E-state index contributed by atoms with van der Waals surface area (Å²) in [6.07, 6.45) is 16.5. The van der Waals surface area contributed by atoms with Gasteiger partial charge < -0.3 is 4.74 Å². The highest BCUT2D eigenvalue weighted by atomic mass is 19.1. The molecule has 26 heavy (non-hydrogen) atoms. The van der Waals surface area contributed by atoms with Crippen LogP contribution in [0.4, 0.5) is 4.39 Å². The van der Waals surface area contributed by atoms with Crippen molar-refractivity contribution in [1.82, 2.24) is 0 Å². The van der Waals surface area contributed by atoms with Gasteiger partial charge in [0.2, 0.25) is 0 Å². The van der Waals surface area contributed by atoms with Crippen molar-refractivity contribution in [2.24, 2.45) is 17.8 Å². The Morgan fingerprint density at radius 1 is 1.12 bits per heavy atom. The average Bonchev–Trinajstić information content (AvgIpc) is 2.68. The van der Waals surface area contributed by atoms with Crippen molar-refractivity contribution in [2.45, 2.75) is 83.7 Å². The van der Waals surface area contributed by atoms with Crippen LogP contribution in [-0.4, -0.2) is 12.1 Å². The first-order chi connectivity index (χ1) is 12.6. The van der Waals surface area contributed by atoms with E-state index in [2.05, 4.69) is 6.92 Å². The van der Waals surface area contributed by atoms with Gasteiger partial charge in [-0.05, 0) is 82.1 Å². The number of nitriles is 1. The number of nitrogens with zero attached hydrogens (tertiary/aromatic N) is 1. The summed E-state index contributed by atoms with van der Waals surface area (Å²) in [5.74, 6) is 0.803. The summed E-state index contributed by atoms with van der Waals surface area (Å²) >= 11 is 0. The first kappa shape index (κ1) is 20.7. The van der Waals surface area contributed by atoms with E-state index >= 15 is 0 Å². The zero-order valence-corrected chi connectivity index (χ0v) is 16.0. The fraction of sp³-hybridized carbons (Fsp3) is 0.727. The van der Waals surface area contributed by atoms with Crippen molar-refractivity contribution in [1.29, 1.82) is 5.26 Å². The number of hydrogen-bond acceptors (Lipinski definition) is 3. The molecule has 0 atom stereocenters. The number of carbonyl (C=O) groups excluding carboxylic acids is 1. The molecule has 2 saturated carbocycles. The van der Waals surface area contributed by atoms with Crippen LogP contribution in [0.1, 0.15) is 77.6 Å². The molecule has 0 N–H and O–H groups in total. The second kappa shape index (κ2) is 11.2. The van der Waals surface area contributed by atoms with Gasteiger partial charge in [0.25, 0.3) is 0 Å². The Hall–Kier alpha value is -1.63. The van der Waals surface area contributed by atoms with Crippen molar-refractivity contribution >= 4 is 5.97 Å². The zero-order valence-electron chi connectivity index (χ0n) is 16.0. The molecule has 144 valence electrons. The fourth-order valence-electron chi connectivity index (χ4n) is 4.22. The van der Waals surface area contributed by atoms with E-state index in [0.717, 1.165) is 57.3 Å². The van der Waals surface area contributed by atoms with Crippen LogP contribution in [0.3, 0.4) is 0 Å². The first-order valence-corrected chi connectivity index (χ1v) is 10.2. The van der Waals surface area contributed by atoms with Gasteiger partial charge in [0.1, 0.15) is 12.2 Å². The van der Waals surface area contributed by atoms with Crippen LogP contribution in [0.5, 0.6) is 0 Å². The first-order valence-electron chi connectivity index (χ1n) is 10.2. The molecular formula is C22H32FNO2. The van der Waals surface area contributed by atoms with Gasteiger partial charge in [0.15, 0.2) is 5.83 Å².